The summed E-state index contributed by atoms with van der Waals surface area (Å²) in [5.41, 5.74) is 0.948. The Hall–Kier alpha value is -2.43. The van der Waals surface area contributed by atoms with Gasteiger partial charge in [0.2, 0.25) is 0 Å². The molecule has 0 aliphatic rings. The van der Waals surface area contributed by atoms with Crippen molar-refractivity contribution >= 4 is 21.9 Å². The summed E-state index contributed by atoms with van der Waals surface area (Å²) in [4.78, 5) is 23.2. The van der Waals surface area contributed by atoms with Crippen molar-refractivity contribution in [2.45, 2.75) is 13.3 Å². The topological polar surface area (TPSA) is 78.9 Å². The van der Waals surface area contributed by atoms with Crippen LogP contribution in [0.25, 0.3) is 21.9 Å². The smallest absolute Gasteiger partial charge is 0.260 e. The van der Waals surface area contributed by atoms with Gasteiger partial charge in [-0.1, -0.05) is 6.92 Å². The van der Waals surface area contributed by atoms with Gasteiger partial charge in [0.15, 0.2) is 5.65 Å². The Labute approximate surface area is 102 Å². The average molecular weight is 241 g/mol. The first kappa shape index (κ1) is 10.7. The number of nitrogens with one attached hydrogen (secondary N) is 1. The first-order valence-electron chi connectivity index (χ1n) is 5.70. The lowest BCUT2D eigenvalue weighted by molar-refractivity contribution is 0.476. The van der Waals surface area contributed by atoms with Crippen LogP contribution in [0.15, 0.2) is 29.1 Å². The first-order chi connectivity index (χ1) is 8.67. The van der Waals surface area contributed by atoms with Crippen LogP contribution in [0.2, 0.25) is 0 Å². The summed E-state index contributed by atoms with van der Waals surface area (Å²) in [6.07, 6.45) is 0.653. The highest BCUT2D eigenvalue weighted by Crippen LogP contribution is 2.20. The fourth-order valence-electron chi connectivity index (χ4n) is 1.93. The number of benzene rings is 1. The van der Waals surface area contributed by atoms with Crippen LogP contribution in [0.1, 0.15) is 12.7 Å². The SMILES string of the molecule is CCc1nc2nc3ccc(O)cc3cc2c(=O)[nH]1. The van der Waals surface area contributed by atoms with E-state index in [0.29, 0.717) is 28.8 Å². The molecule has 0 radical (unpaired) electrons. The number of fused-ring (bicyclic) bond motifs is 2. The van der Waals surface area contributed by atoms with Gasteiger partial charge in [0.1, 0.15) is 11.6 Å². The van der Waals surface area contributed by atoms with Crippen molar-refractivity contribution in [3.63, 3.8) is 0 Å². The monoisotopic (exact) mass is 241 g/mol. The van der Waals surface area contributed by atoms with E-state index in [1.54, 1.807) is 24.3 Å². The largest absolute Gasteiger partial charge is 0.508 e. The minimum atomic E-state index is -0.199. The van der Waals surface area contributed by atoms with Gasteiger partial charge in [-0.15, -0.1) is 0 Å². The van der Waals surface area contributed by atoms with Crippen LogP contribution < -0.4 is 5.56 Å². The number of pyridine rings is 1. The lowest BCUT2D eigenvalue weighted by Crippen LogP contribution is -2.12. The summed E-state index contributed by atoms with van der Waals surface area (Å²) < 4.78 is 0. The summed E-state index contributed by atoms with van der Waals surface area (Å²) in [6.45, 7) is 1.92. The van der Waals surface area contributed by atoms with Crippen molar-refractivity contribution in [2.24, 2.45) is 0 Å². The molecule has 0 saturated carbocycles. The molecule has 0 unspecified atom stereocenters. The van der Waals surface area contributed by atoms with E-state index in [1.807, 2.05) is 6.92 Å². The van der Waals surface area contributed by atoms with E-state index in [-0.39, 0.29) is 11.3 Å². The quantitative estimate of drug-likeness (QED) is 0.636. The minimum absolute atomic E-state index is 0.151. The van der Waals surface area contributed by atoms with Gasteiger partial charge < -0.3 is 10.1 Å². The van der Waals surface area contributed by atoms with Crippen LogP contribution in [-0.2, 0) is 6.42 Å². The average Bonchev–Trinajstić information content (AvgIpc) is 2.37. The summed E-state index contributed by atoms with van der Waals surface area (Å²) in [5, 5.41) is 10.6. The zero-order valence-corrected chi connectivity index (χ0v) is 9.77. The molecule has 2 heterocycles. The van der Waals surface area contributed by atoms with E-state index in [9.17, 15) is 9.90 Å². The third-order valence-corrected chi connectivity index (χ3v) is 2.86. The molecule has 18 heavy (non-hydrogen) atoms. The standard InChI is InChI=1S/C13H11N3O2/c1-2-11-15-12-9(13(18)16-11)6-7-5-8(17)3-4-10(7)14-12/h3-6,17H,2H2,1H3,(H,14,15,16,18). The van der Waals surface area contributed by atoms with Crippen molar-refractivity contribution < 1.29 is 5.11 Å². The van der Waals surface area contributed by atoms with Crippen molar-refractivity contribution in [3.8, 4) is 5.75 Å². The normalized spacial score (nSPS) is 11.2. The number of aromatic hydroxyl groups is 1. The van der Waals surface area contributed by atoms with Gasteiger partial charge in [0.05, 0.1) is 10.9 Å². The second kappa shape index (κ2) is 3.80. The van der Waals surface area contributed by atoms with Gasteiger partial charge in [-0.05, 0) is 24.3 Å². The number of hydrogen-bond acceptors (Lipinski definition) is 4. The van der Waals surface area contributed by atoms with Crippen molar-refractivity contribution in [3.05, 3.63) is 40.4 Å². The van der Waals surface area contributed by atoms with Crippen molar-refractivity contribution in [1.29, 1.82) is 0 Å². The molecule has 0 aliphatic carbocycles. The van der Waals surface area contributed by atoms with E-state index in [1.165, 1.54) is 0 Å². The molecule has 0 bridgehead atoms. The van der Waals surface area contributed by atoms with Crippen LogP contribution in [0.4, 0.5) is 0 Å². The predicted octanol–water partition coefficient (Wildman–Crippen LogP) is 1.74. The molecule has 0 aliphatic heterocycles. The van der Waals surface area contributed by atoms with Crippen molar-refractivity contribution in [2.75, 3.05) is 0 Å². The maximum atomic E-state index is 11.9. The van der Waals surface area contributed by atoms with E-state index in [4.69, 9.17) is 0 Å². The second-order valence-electron chi connectivity index (χ2n) is 4.10. The number of phenols is 1. The Morgan fingerprint density at radius 2 is 2.11 bits per heavy atom. The highest BCUT2D eigenvalue weighted by molar-refractivity contribution is 5.91. The number of aromatic nitrogens is 3. The molecule has 0 spiro atoms. The Balaban J connectivity index is 2.45. The van der Waals surface area contributed by atoms with Crippen LogP contribution in [0, 0.1) is 0 Å². The number of H-pyrrole nitrogens is 1. The van der Waals surface area contributed by atoms with Crippen LogP contribution in [-0.4, -0.2) is 20.1 Å². The number of aryl methyl sites for hydroxylation is 1. The minimum Gasteiger partial charge on any atom is -0.508 e. The van der Waals surface area contributed by atoms with Crippen molar-refractivity contribution in [1.82, 2.24) is 15.0 Å². The van der Waals surface area contributed by atoms with Gasteiger partial charge in [0.25, 0.3) is 5.56 Å². The summed E-state index contributed by atoms with van der Waals surface area (Å²) in [5.74, 6) is 0.774. The van der Waals surface area contributed by atoms with E-state index in [0.717, 1.165) is 5.39 Å². The summed E-state index contributed by atoms with van der Waals surface area (Å²) >= 11 is 0. The van der Waals surface area contributed by atoms with Gasteiger partial charge >= 0.3 is 0 Å². The van der Waals surface area contributed by atoms with E-state index in [2.05, 4.69) is 15.0 Å². The van der Waals surface area contributed by atoms with Gasteiger partial charge in [0, 0.05) is 11.8 Å². The summed E-state index contributed by atoms with van der Waals surface area (Å²) in [7, 11) is 0. The van der Waals surface area contributed by atoms with Gasteiger partial charge in [-0.2, -0.15) is 0 Å². The molecule has 5 heteroatoms. The Kier molecular flexibility index (Phi) is 2.26. The molecule has 3 rings (SSSR count). The van der Waals surface area contributed by atoms with Crippen LogP contribution in [0.3, 0.4) is 0 Å². The second-order valence-corrected chi connectivity index (χ2v) is 4.10. The summed E-state index contributed by atoms with van der Waals surface area (Å²) in [6, 6.07) is 6.55. The van der Waals surface area contributed by atoms with Crippen LogP contribution in [0.5, 0.6) is 5.75 Å². The molecule has 0 amide bonds. The van der Waals surface area contributed by atoms with E-state index >= 15 is 0 Å². The number of hydrogen-bond donors (Lipinski definition) is 2. The molecule has 3 aromatic rings. The van der Waals surface area contributed by atoms with Gasteiger partial charge in [-0.25, -0.2) is 9.97 Å². The molecular formula is C13H11N3O2. The Morgan fingerprint density at radius 1 is 1.28 bits per heavy atom. The van der Waals surface area contributed by atoms with Crippen LogP contribution >= 0.6 is 0 Å². The number of aromatic amines is 1. The Morgan fingerprint density at radius 3 is 2.89 bits per heavy atom. The molecule has 2 aromatic heterocycles. The zero-order chi connectivity index (χ0) is 12.7. The van der Waals surface area contributed by atoms with Gasteiger partial charge in [-0.3, -0.25) is 4.79 Å². The molecule has 1 aromatic carbocycles. The fraction of sp³-hybridized carbons (Fsp3) is 0.154. The highest BCUT2D eigenvalue weighted by Gasteiger charge is 2.06. The Bertz CT molecular complexity index is 808. The molecule has 90 valence electrons. The maximum absolute atomic E-state index is 11.9. The lowest BCUT2D eigenvalue weighted by Gasteiger charge is -2.02. The van der Waals surface area contributed by atoms with E-state index < -0.39 is 0 Å². The lowest BCUT2D eigenvalue weighted by atomic mass is 10.2. The molecular weight excluding hydrogens is 230 g/mol. The molecule has 0 fully saturated rings. The zero-order valence-electron chi connectivity index (χ0n) is 9.77. The predicted molar refractivity (Wildman–Crippen MR) is 68.7 cm³/mol. The molecule has 0 saturated heterocycles. The highest BCUT2D eigenvalue weighted by atomic mass is 16.3. The molecule has 2 N–H and O–H groups in total. The third-order valence-electron chi connectivity index (χ3n) is 2.86. The number of phenolic OH excluding ortho intramolecular Hbond substituents is 1. The molecule has 5 nitrogen and oxygen atoms in total. The maximum Gasteiger partial charge on any atom is 0.260 e. The fourth-order valence-corrected chi connectivity index (χ4v) is 1.93. The first-order valence-corrected chi connectivity index (χ1v) is 5.70. The third kappa shape index (κ3) is 1.60. The number of rotatable bonds is 1. The molecule has 0 atom stereocenters. The number of nitrogens with zero attached hydrogens (tertiary/aromatic N) is 2.